The van der Waals surface area contributed by atoms with Gasteiger partial charge in [0, 0.05) is 17.1 Å². The maximum atomic E-state index is 13.6. The zero-order valence-electron chi connectivity index (χ0n) is 9.99. The van der Waals surface area contributed by atoms with Crippen LogP contribution in [0.25, 0.3) is 10.7 Å². The van der Waals surface area contributed by atoms with Crippen LogP contribution in [0.3, 0.4) is 0 Å². The second kappa shape index (κ2) is 4.89. The molecule has 0 amide bonds. The fraction of sp³-hybridized carbons (Fsp3) is 0.333. The van der Waals surface area contributed by atoms with Gasteiger partial charge >= 0.3 is 0 Å². The van der Waals surface area contributed by atoms with Crippen molar-refractivity contribution >= 4 is 11.3 Å². The molecule has 3 nitrogen and oxygen atoms in total. The lowest BCUT2D eigenvalue weighted by Crippen LogP contribution is -2.11. The smallest absolute Gasteiger partial charge is 0.151 e. The van der Waals surface area contributed by atoms with Gasteiger partial charge in [0.15, 0.2) is 5.82 Å². The minimum Gasteiger partial charge on any atom is -0.312 e. The maximum Gasteiger partial charge on any atom is 0.151 e. The third-order valence-corrected chi connectivity index (χ3v) is 3.97. The first-order valence-electron chi connectivity index (χ1n) is 5.39. The van der Waals surface area contributed by atoms with Crippen LogP contribution in [0.1, 0.15) is 23.5 Å². The van der Waals surface area contributed by atoms with Crippen LogP contribution < -0.4 is 5.32 Å². The van der Waals surface area contributed by atoms with Crippen molar-refractivity contribution in [2.75, 3.05) is 7.05 Å². The van der Waals surface area contributed by atoms with Crippen LogP contribution in [-0.4, -0.2) is 17.0 Å². The first-order valence-corrected chi connectivity index (χ1v) is 6.20. The summed E-state index contributed by atoms with van der Waals surface area (Å²) >= 11 is 1.48. The quantitative estimate of drug-likeness (QED) is 0.911. The second-order valence-electron chi connectivity index (χ2n) is 3.81. The molecule has 2 aromatic rings. The number of nitrogens with zero attached hydrogens (tertiary/aromatic N) is 2. The van der Waals surface area contributed by atoms with E-state index in [1.807, 2.05) is 14.0 Å². The first-order chi connectivity index (χ1) is 8.13. The Morgan fingerprint density at radius 3 is 2.88 bits per heavy atom. The number of thiazole rings is 1. The lowest BCUT2D eigenvalue weighted by Gasteiger charge is -2.06. The van der Waals surface area contributed by atoms with E-state index in [-0.39, 0.29) is 11.9 Å². The molecule has 0 radical (unpaired) electrons. The zero-order chi connectivity index (χ0) is 12.4. The van der Waals surface area contributed by atoms with Gasteiger partial charge < -0.3 is 5.32 Å². The third-order valence-electron chi connectivity index (χ3n) is 2.62. The van der Waals surface area contributed by atoms with Gasteiger partial charge in [-0.05, 0) is 33.0 Å². The molecule has 0 aromatic carbocycles. The summed E-state index contributed by atoms with van der Waals surface area (Å²) in [6.45, 7) is 3.99. The summed E-state index contributed by atoms with van der Waals surface area (Å²) in [6, 6.07) is 3.20. The SMILES string of the molecule is CNC(C)c1sc(-c2ncccc2F)nc1C. The van der Waals surface area contributed by atoms with E-state index in [2.05, 4.69) is 22.2 Å². The van der Waals surface area contributed by atoms with Gasteiger partial charge in [0.05, 0.1) is 5.69 Å². The van der Waals surface area contributed by atoms with Gasteiger partial charge in [0.1, 0.15) is 10.7 Å². The predicted octanol–water partition coefficient (Wildman–Crippen LogP) is 2.93. The molecule has 0 saturated heterocycles. The van der Waals surface area contributed by atoms with Crippen molar-refractivity contribution in [3.05, 3.63) is 34.7 Å². The van der Waals surface area contributed by atoms with Crippen LogP contribution in [0.4, 0.5) is 4.39 Å². The van der Waals surface area contributed by atoms with E-state index in [1.165, 1.54) is 17.4 Å². The molecule has 0 aliphatic rings. The summed E-state index contributed by atoms with van der Waals surface area (Å²) in [7, 11) is 1.89. The summed E-state index contributed by atoms with van der Waals surface area (Å²) < 4.78 is 13.6. The highest BCUT2D eigenvalue weighted by Crippen LogP contribution is 2.31. The number of aromatic nitrogens is 2. The molecule has 1 unspecified atom stereocenters. The third kappa shape index (κ3) is 2.35. The minimum absolute atomic E-state index is 0.216. The van der Waals surface area contributed by atoms with E-state index in [4.69, 9.17) is 0 Å². The Morgan fingerprint density at radius 2 is 2.24 bits per heavy atom. The molecule has 0 saturated carbocycles. The average molecular weight is 251 g/mol. The zero-order valence-corrected chi connectivity index (χ0v) is 10.8. The number of hydrogen-bond acceptors (Lipinski definition) is 4. The predicted molar refractivity (Wildman–Crippen MR) is 67.5 cm³/mol. The van der Waals surface area contributed by atoms with Crippen LogP contribution in [0.2, 0.25) is 0 Å². The van der Waals surface area contributed by atoms with Crippen LogP contribution >= 0.6 is 11.3 Å². The fourth-order valence-corrected chi connectivity index (χ4v) is 2.71. The van der Waals surface area contributed by atoms with Crippen molar-refractivity contribution in [1.82, 2.24) is 15.3 Å². The average Bonchev–Trinajstić information content (AvgIpc) is 2.71. The Kier molecular flexibility index (Phi) is 3.49. The number of hydrogen-bond donors (Lipinski definition) is 1. The normalized spacial score (nSPS) is 12.7. The highest BCUT2D eigenvalue weighted by Gasteiger charge is 2.16. The fourth-order valence-electron chi connectivity index (χ4n) is 1.59. The molecule has 2 heterocycles. The van der Waals surface area contributed by atoms with Crippen molar-refractivity contribution < 1.29 is 4.39 Å². The number of rotatable bonds is 3. The van der Waals surface area contributed by atoms with Crippen molar-refractivity contribution in [3.63, 3.8) is 0 Å². The number of halogens is 1. The van der Waals surface area contributed by atoms with E-state index >= 15 is 0 Å². The molecule has 0 aliphatic heterocycles. The van der Waals surface area contributed by atoms with Gasteiger partial charge in [-0.3, -0.25) is 4.98 Å². The minimum atomic E-state index is -0.329. The lowest BCUT2D eigenvalue weighted by molar-refractivity contribution is 0.625. The van der Waals surface area contributed by atoms with Crippen LogP contribution in [-0.2, 0) is 0 Å². The Hall–Kier alpha value is -1.33. The molecule has 0 spiro atoms. The van der Waals surface area contributed by atoms with Crippen LogP contribution in [0.5, 0.6) is 0 Å². The molecule has 0 bridgehead atoms. The van der Waals surface area contributed by atoms with Gasteiger partial charge in [-0.15, -0.1) is 11.3 Å². The number of aryl methyl sites for hydroxylation is 1. The van der Waals surface area contributed by atoms with E-state index < -0.39 is 0 Å². The Bertz CT molecular complexity index is 524. The van der Waals surface area contributed by atoms with Gasteiger partial charge in [0.2, 0.25) is 0 Å². The lowest BCUT2D eigenvalue weighted by atomic mass is 10.2. The summed E-state index contributed by atoms with van der Waals surface area (Å²) in [5.41, 5.74) is 1.26. The van der Waals surface area contributed by atoms with E-state index in [1.54, 1.807) is 12.3 Å². The standard InChI is InChI=1S/C12H14FN3S/c1-7(14-3)11-8(2)16-12(17-11)10-9(13)5-4-6-15-10/h4-7,14H,1-3H3. The highest BCUT2D eigenvalue weighted by molar-refractivity contribution is 7.15. The van der Waals surface area contributed by atoms with Gasteiger partial charge in [0.25, 0.3) is 0 Å². The topological polar surface area (TPSA) is 37.8 Å². The van der Waals surface area contributed by atoms with Crippen molar-refractivity contribution in [2.24, 2.45) is 0 Å². The molecule has 2 rings (SSSR count). The Morgan fingerprint density at radius 1 is 1.47 bits per heavy atom. The summed E-state index contributed by atoms with van der Waals surface area (Å²) in [4.78, 5) is 9.55. The molecule has 0 aliphatic carbocycles. The Labute approximate surface area is 104 Å². The van der Waals surface area contributed by atoms with Crippen molar-refractivity contribution in [2.45, 2.75) is 19.9 Å². The van der Waals surface area contributed by atoms with E-state index in [9.17, 15) is 4.39 Å². The number of nitrogens with one attached hydrogen (secondary N) is 1. The van der Waals surface area contributed by atoms with Gasteiger partial charge in [-0.2, -0.15) is 0 Å². The molecule has 90 valence electrons. The van der Waals surface area contributed by atoms with E-state index in [0.29, 0.717) is 10.7 Å². The second-order valence-corrected chi connectivity index (χ2v) is 4.84. The monoisotopic (exact) mass is 251 g/mol. The molecule has 1 atom stereocenters. The van der Waals surface area contributed by atoms with Gasteiger partial charge in [-0.25, -0.2) is 9.37 Å². The summed E-state index contributed by atoms with van der Waals surface area (Å²) in [5.74, 6) is -0.329. The molecule has 1 N–H and O–H groups in total. The molecule has 0 fully saturated rings. The van der Waals surface area contributed by atoms with Crippen LogP contribution in [0.15, 0.2) is 18.3 Å². The van der Waals surface area contributed by atoms with Crippen molar-refractivity contribution in [3.8, 4) is 10.7 Å². The molecular weight excluding hydrogens is 237 g/mol. The molecule has 17 heavy (non-hydrogen) atoms. The van der Waals surface area contributed by atoms with Crippen molar-refractivity contribution in [1.29, 1.82) is 0 Å². The summed E-state index contributed by atoms with van der Waals surface area (Å²) in [5, 5.41) is 3.79. The summed E-state index contributed by atoms with van der Waals surface area (Å²) in [6.07, 6.45) is 1.58. The maximum absolute atomic E-state index is 13.6. The largest absolute Gasteiger partial charge is 0.312 e. The van der Waals surface area contributed by atoms with E-state index in [0.717, 1.165) is 10.6 Å². The highest BCUT2D eigenvalue weighted by atomic mass is 32.1. The molecule has 5 heteroatoms. The number of pyridine rings is 1. The first kappa shape index (κ1) is 12.1. The molecular formula is C12H14FN3S. The molecule has 2 aromatic heterocycles. The van der Waals surface area contributed by atoms with Crippen LogP contribution in [0, 0.1) is 12.7 Å². The van der Waals surface area contributed by atoms with Gasteiger partial charge in [-0.1, -0.05) is 0 Å². The Balaban J connectivity index is 2.45.